The Morgan fingerprint density at radius 3 is 2.61 bits per heavy atom. The van der Waals surface area contributed by atoms with Crippen LogP contribution in [-0.2, 0) is 0 Å². The first-order valence-electron chi connectivity index (χ1n) is 8.26. The molecular formula is C17H33N. The van der Waals surface area contributed by atoms with Gasteiger partial charge in [-0.25, -0.2) is 0 Å². The average molecular weight is 251 g/mol. The van der Waals surface area contributed by atoms with Crippen molar-refractivity contribution in [2.24, 2.45) is 34.8 Å². The fourth-order valence-corrected chi connectivity index (χ4v) is 4.63. The first-order valence-corrected chi connectivity index (χ1v) is 8.26. The van der Waals surface area contributed by atoms with Crippen LogP contribution in [0.15, 0.2) is 0 Å². The van der Waals surface area contributed by atoms with Crippen molar-refractivity contribution in [1.82, 2.24) is 0 Å². The van der Waals surface area contributed by atoms with Gasteiger partial charge >= 0.3 is 0 Å². The predicted molar refractivity (Wildman–Crippen MR) is 79.4 cm³/mol. The fraction of sp³-hybridized carbons (Fsp3) is 1.00. The van der Waals surface area contributed by atoms with E-state index in [2.05, 4.69) is 20.8 Å². The van der Waals surface area contributed by atoms with Gasteiger partial charge in [0.25, 0.3) is 0 Å². The van der Waals surface area contributed by atoms with Gasteiger partial charge in [-0.15, -0.1) is 0 Å². The van der Waals surface area contributed by atoms with E-state index in [1.54, 1.807) is 0 Å². The van der Waals surface area contributed by atoms with Crippen LogP contribution >= 0.6 is 0 Å². The summed E-state index contributed by atoms with van der Waals surface area (Å²) in [6.45, 7) is 8.23. The van der Waals surface area contributed by atoms with Crippen molar-refractivity contribution in [3.05, 3.63) is 0 Å². The maximum Gasteiger partial charge on any atom is -0.00461 e. The number of rotatable bonds is 3. The largest absolute Gasteiger partial charge is 0.330 e. The summed E-state index contributed by atoms with van der Waals surface area (Å²) in [4.78, 5) is 0. The summed E-state index contributed by atoms with van der Waals surface area (Å²) in [5.74, 6) is 3.73. The second kappa shape index (κ2) is 5.94. The van der Waals surface area contributed by atoms with E-state index in [4.69, 9.17) is 5.73 Å². The van der Waals surface area contributed by atoms with Crippen LogP contribution in [0.5, 0.6) is 0 Å². The van der Waals surface area contributed by atoms with E-state index in [1.165, 1.54) is 51.4 Å². The highest BCUT2D eigenvalue weighted by Crippen LogP contribution is 2.48. The Labute approximate surface area is 114 Å². The van der Waals surface area contributed by atoms with E-state index in [-0.39, 0.29) is 0 Å². The third-order valence-electron chi connectivity index (χ3n) is 5.89. The Morgan fingerprint density at radius 2 is 1.94 bits per heavy atom. The molecule has 0 bridgehead atoms. The standard InChI is InChI=1S/C17H33N/c1-4-13-6-5-7-14(10-13)16-11-17(2,3)9-8-15(16)12-18/h13-16H,4-12,18H2,1-3H3. The first kappa shape index (κ1) is 14.4. The van der Waals surface area contributed by atoms with E-state index in [0.717, 1.165) is 30.2 Å². The molecule has 2 aliphatic carbocycles. The molecule has 2 aliphatic rings. The maximum atomic E-state index is 6.06. The van der Waals surface area contributed by atoms with Crippen molar-refractivity contribution in [1.29, 1.82) is 0 Å². The molecule has 0 radical (unpaired) electrons. The molecule has 0 aromatic rings. The summed E-state index contributed by atoms with van der Waals surface area (Å²) in [7, 11) is 0. The van der Waals surface area contributed by atoms with Crippen LogP contribution in [0.25, 0.3) is 0 Å². The van der Waals surface area contributed by atoms with Crippen molar-refractivity contribution >= 4 is 0 Å². The third kappa shape index (κ3) is 3.29. The Bertz CT molecular complexity index is 258. The van der Waals surface area contributed by atoms with Gasteiger partial charge in [-0.1, -0.05) is 46.5 Å². The fourth-order valence-electron chi connectivity index (χ4n) is 4.63. The van der Waals surface area contributed by atoms with Gasteiger partial charge in [0, 0.05) is 0 Å². The van der Waals surface area contributed by atoms with Crippen molar-refractivity contribution in [3.63, 3.8) is 0 Å². The van der Waals surface area contributed by atoms with Crippen molar-refractivity contribution < 1.29 is 0 Å². The molecule has 0 aromatic carbocycles. The smallest absolute Gasteiger partial charge is 0.00461 e. The van der Waals surface area contributed by atoms with Crippen LogP contribution in [0.4, 0.5) is 0 Å². The maximum absolute atomic E-state index is 6.06. The van der Waals surface area contributed by atoms with Gasteiger partial charge in [-0.05, 0) is 61.3 Å². The Kier molecular flexibility index (Phi) is 4.75. The normalized spacial score (nSPS) is 40.7. The van der Waals surface area contributed by atoms with Gasteiger partial charge in [0.15, 0.2) is 0 Å². The predicted octanol–water partition coefficient (Wildman–Crippen LogP) is 4.60. The molecule has 0 aromatic heterocycles. The number of hydrogen-bond acceptors (Lipinski definition) is 1. The van der Waals surface area contributed by atoms with Crippen LogP contribution in [0, 0.1) is 29.1 Å². The Morgan fingerprint density at radius 1 is 1.17 bits per heavy atom. The molecule has 0 heterocycles. The van der Waals surface area contributed by atoms with E-state index in [9.17, 15) is 0 Å². The van der Waals surface area contributed by atoms with Gasteiger partial charge < -0.3 is 5.73 Å². The number of nitrogens with two attached hydrogens (primary N) is 1. The molecule has 18 heavy (non-hydrogen) atoms. The lowest BCUT2D eigenvalue weighted by Crippen LogP contribution is -2.39. The molecule has 0 amide bonds. The molecule has 2 rings (SSSR count). The zero-order valence-corrected chi connectivity index (χ0v) is 12.8. The molecule has 0 spiro atoms. The van der Waals surface area contributed by atoms with Crippen LogP contribution in [0.2, 0.25) is 0 Å². The molecular weight excluding hydrogens is 218 g/mol. The van der Waals surface area contributed by atoms with Gasteiger partial charge in [0.05, 0.1) is 0 Å². The zero-order valence-electron chi connectivity index (χ0n) is 12.8. The molecule has 106 valence electrons. The van der Waals surface area contributed by atoms with Gasteiger partial charge in [0.1, 0.15) is 0 Å². The average Bonchev–Trinajstić information content (AvgIpc) is 2.38. The monoisotopic (exact) mass is 251 g/mol. The topological polar surface area (TPSA) is 26.0 Å². The molecule has 1 heteroatoms. The van der Waals surface area contributed by atoms with Crippen molar-refractivity contribution in [2.45, 2.75) is 72.1 Å². The summed E-state index contributed by atoms with van der Waals surface area (Å²) < 4.78 is 0. The quantitative estimate of drug-likeness (QED) is 0.779. The van der Waals surface area contributed by atoms with E-state index in [1.807, 2.05) is 0 Å². The lowest BCUT2D eigenvalue weighted by molar-refractivity contribution is 0.0499. The van der Waals surface area contributed by atoms with E-state index in [0.29, 0.717) is 5.41 Å². The highest BCUT2D eigenvalue weighted by atomic mass is 14.6. The molecule has 2 saturated carbocycles. The van der Waals surface area contributed by atoms with Crippen LogP contribution in [0.3, 0.4) is 0 Å². The molecule has 1 nitrogen and oxygen atoms in total. The second-order valence-corrected chi connectivity index (χ2v) is 7.77. The summed E-state index contributed by atoms with van der Waals surface area (Å²) in [6, 6.07) is 0. The molecule has 2 fully saturated rings. The zero-order chi connectivity index (χ0) is 13.2. The van der Waals surface area contributed by atoms with Gasteiger partial charge in [-0.2, -0.15) is 0 Å². The minimum absolute atomic E-state index is 0.565. The van der Waals surface area contributed by atoms with Crippen LogP contribution in [0.1, 0.15) is 72.1 Å². The van der Waals surface area contributed by atoms with Gasteiger partial charge in [0.2, 0.25) is 0 Å². The van der Waals surface area contributed by atoms with Crippen LogP contribution in [-0.4, -0.2) is 6.54 Å². The van der Waals surface area contributed by atoms with Crippen LogP contribution < -0.4 is 5.73 Å². The highest BCUT2D eigenvalue weighted by molar-refractivity contribution is 4.90. The molecule has 4 unspecified atom stereocenters. The SMILES string of the molecule is CCC1CCCC(C2CC(C)(C)CCC2CN)C1. The number of hydrogen-bond donors (Lipinski definition) is 1. The summed E-state index contributed by atoms with van der Waals surface area (Å²) in [5, 5.41) is 0. The van der Waals surface area contributed by atoms with Crippen molar-refractivity contribution in [3.8, 4) is 0 Å². The summed E-state index contributed by atoms with van der Waals surface area (Å²) in [5.41, 5.74) is 6.62. The Hall–Kier alpha value is -0.0400. The highest BCUT2D eigenvalue weighted by Gasteiger charge is 2.39. The Balaban J connectivity index is 2.03. The molecule has 0 saturated heterocycles. The second-order valence-electron chi connectivity index (χ2n) is 7.77. The first-order chi connectivity index (χ1) is 8.55. The minimum Gasteiger partial charge on any atom is -0.330 e. The lowest BCUT2D eigenvalue weighted by atomic mass is 9.60. The molecule has 2 N–H and O–H groups in total. The van der Waals surface area contributed by atoms with Crippen molar-refractivity contribution in [2.75, 3.05) is 6.54 Å². The summed E-state index contributed by atoms with van der Waals surface area (Å²) in [6.07, 6.45) is 11.5. The van der Waals surface area contributed by atoms with E-state index < -0.39 is 0 Å². The third-order valence-corrected chi connectivity index (χ3v) is 5.89. The minimum atomic E-state index is 0.565. The molecule has 0 aliphatic heterocycles. The lowest BCUT2D eigenvalue weighted by Gasteiger charge is -2.46. The summed E-state index contributed by atoms with van der Waals surface area (Å²) >= 11 is 0. The van der Waals surface area contributed by atoms with Gasteiger partial charge in [-0.3, -0.25) is 0 Å². The van der Waals surface area contributed by atoms with E-state index >= 15 is 0 Å². The molecule has 4 atom stereocenters.